The highest BCUT2D eigenvalue weighted by Crippen LogP contribution is 2.30. The highest BCUT2D eigenvalue weighted by atomic mass is 35.5. The summed E-state index contributed by atoms with van der Waals surface area (Å²) in [6.07, 6.45) is 1.06. The number of hydrogen-bond acceptors (Lipinski definition) is 2. The van der Waals surface area contributed by atoms with Crippen molar-refractivity contribution in [3.05, 3.63) is 64.2 Å². The predicted octanol–water partition coefficient (Wildman–Crippen LogP) is 4.61. The van der Waals surface area contributed by atoms with E-state index in [0.29, 0.717) is 10.8 Å². The van der Waals surface area contributed by atoms with Gasteiger partial charge < -0.3 is 10.1 Å². The molecule has 2 rings (SSSR count). The second-order valence-corrected chi connectivity index (χ2v) is 5.39. The minimum Gasteiger partial charge on any atom is -0.495 e. The fourth-order valence-electron chi connectivity index (χ4n) is 2.43. The van der Waals surface area contributed by atoms with E-state index in [0.717, 1.165) is 18.5 Å². The lowest BCUT2D eigenvalue weighted by atomic mass is 9.97. The third-order valence-corrected chi connectivity index (χ3v) is 3.95. The molecule has 1 atom stereocenters. The van der Waals surface area contributed by atoms with Crippen LogP contribution in [-0.4, -0.2) is 13.7 Å². The summed E-state index contributed by atoms with van der Waals surface area (Å²) in [5.74, 6) is 0.710. The van der Waals surface area contributed by atoms with Crippen molar-refractivity contribution in [3.63, 3.8) is 0 Å². The summed E-state index contributed by atoms with van der Waals surface area (Å²) in [4.78, 5) is 0. The van der Waals surface area contributed by atoms with E-state index in [1.54, 1.807) is 7.11 Å². The first-order valence-electron chi connectivity index (χ1n) is 7.35. The molecule has 0 aromatic heterocycles. The van der Waals surface area contributed by atoms with Crippen LogP contribution in [0, 0.1) is 0 Å². The van der Waals surface area contributed by atoms with Gasteiger partial charge in [0.1, 0.15) is 5.75 Å². The third-order valence-electron chi connectivity index (χ3n) is 3.64. The summed E-state index contributed by atoms with van der Waals surface area (Å²) in [5, 5.41) is 4.16. The average Bonchev–Trinajstić information content (AvgIpc) is 2.53. The van der Waals surface area contributed by atoms with Crippen molar-refractivity contribution < 1.29 is 4.74 Å². The van der Waals surface area contributed by atoms with Crippen molar-refractivity contribution in [3.8, 4) is 5.75 Å². The first kappa shape index (κ1) is 15.9. The van der Waals surface area contributed by atoms with Crippen LogP contribution in [0.1, 0.15) is 36.6 Å². The summed E-state index contributed by atoms with van der Waals surface area (Å²) < 4.78 is 5.33. The predicted molar refractivity (Wildman–Crippen MR) is 89.3 cm³/mol. The third kappa shape index (κ3) is 3.78. The molecule has 2 nitrogen and oxygen atoms in total. The molecular weight excluding hydrogens is 282 g/mol. The zero-order valence-corrected chi connectivity index (χ0v) is 13.6. The molecule has 0 amide bonds. The van der Waals surface area contributed by atoms with E-state index in [1.165, 1.54) is 11.1 Å². The summed E-state index contributed by atoms with van der Waals surface area (Å²) >= 11 is 6.12. The monoisotopic (exact) mass is 303 g/mol. The smallest absolute Gasteiger partial charge is 0.137 e. The number of methoxy groups -OCH3 is 1. The molecule has 3 heteroatoms. The molecule has 0 radical (unpaired) electrons. The fourth-order valence-corrected chi connectivity index (χ4v) is 2.63. The van der Waals surface area contributed by atoms with Gasteiger partial charge in [-0.25, -0.2) is 0 Å². The first-order valence-corrected chi connectivity index (χ1v) is 7.73. The van der Waals surface area contributed by atoms with Gasteiger partial charge in [-0.15, -0.1) is 0 Å². The number of rotatable bonds is 6. The second-order valence-electron chi connectivity index (χ2n) is 4.98. The van der Waals surface area contributed by atoms with Crippen LogP contribution in [-0.2, 0) is 6.42 Å². The first-order chi connectivity index (χ1) is 10.2. The van der Waals surface area contributed by atoms with Crippen molar-refractivity contribution >= 4 is 11.6 Å². The molecule has 0 heterocycles. The van der Waals surface area contributed by atoms with Gasteiger partial charge in [0, 0.05) is 0 Å². The molecule has 0 spiro atoms. The highest BCUT2D eigenvalue weighted by Gasteiger charge is 2.14. The lowest BCUT2D eigenvalue weighted by molar-refractivity contribution is 0.414. The number of aryl methyl sites for hydroxylation is 1. The van der Waals surface area contributed by atoms with Gasteiger partial charge in [-0.1, -0.05) is 55.8 Å². The van der Waals surface area contributed by atoms with E-state index in [1.807, 2.05) is 18.2 Å². The van der Waals surface area contributed by atoms with Crippen LogP contribution in [0.5, 0.6) is 5.75 Å². The summed E-state index contributed by atoms with van der Waals surface area (Å²) in [6, 6.07) is 14.8. The second kappa shape index (κ2) is 7.48. The minimum atomic E-state index is 0.145. The van der Waals surface area contributed by atoms with E-state index in [4.69, 9.17) is 16.3 Å². The van der Waals surface area contributed by atoms with Crippen molar-refractivity contribution in [2.75, 3.05) is 13.7 Å². The Balaban J connectivity index is 2.37. The quantitative estimate of drug-likeness (QED) is 0.841. The lowest BCUT2D eigenvalue weighted by Crippen LogP contribution is -2.22. The van der Waals surface area contributed by atoms with Gasteiger partial charge in [0.05, 0.1) is 18.2 Å². The van der Waals surface area contributed by atoms with E-state index in [9.17, 15) is 0 Å². The molecule has 0 aliphatic heterocycles. The Bertz CT molecular complexity index is 580. The summed E-state index contributed by atoms with van der Waals surface area (Å²) in [5.41, 5.74) is 3.75. The van der Waals surface area contributed by atoms with Crippen molar-refractivity contribution in [1.82, 2.24) is 5.32 Å². The van der Waals surface area contributed by atoms with E-state index >= 15 is 0 Å². The molecule has 21 heavy (non-hydrogen) atoms. The molecule has 0 aliphatic rings. The minimum absolute atomic E-state index is 0.145. The zero-order valence-electron chi connectivity index (χ0n) is 12.8. The van der Waals surface area contributed by atoms with Gasteiger partial charge in [0.15, 0.2) is 0 Å². The van der Waals surface area contributed by atoms with E-state index < -0.39 is 0 Å². The van der Waals surface area contributed by atoms with Crippen LogP contribution in [0.15, 0.2) is 42.5 Å². The van der Waals surface area contributed by atoms with Gasteiger partial charge in [-0.2, -0.15) is 0 Å². The Kier molecular flexibility index (Phi) is 5.66. The van der Waals surface area contributed by atoms with E-state index in [-0.39, 0.29) is 6.04 Å². The molecule has 0 saturated heterocycles. The zero-order chi connectivity index (χ0) is 15.2. The van der Waals surface area contributed by atoms with Crippen molar-refractivity contribution in [2.24, 2.45) is 0 Å². The molecule has 2 aromatic carbocycles. The largest absolute Gasteiger partial charge is 0.495 e. The van der Waals surface area contributed by atoms with Gasteiger partial charge >= 0.3 is 0 Å². The fraction of sp³-hybridized carbons (Fsp3) is 0.333. The Labute approximate surface area is 132 Å². The molecule has 1 unspecified atom stereocenters. The number of halogens is 1. The Hall–Kier alpha value is -1.51. The van der Waals surface area contributed by atoms with Crippen molar-refractivity contribution in [2.45, 2.75) is 26.3 Å². The van der Waals surface area contributed by atoms with Crippen molar-refractivity contribution in [1.29, 1.82) is 0 Å². The normalized spacial score (nSPS) is 12.2. The van der Waals surface area contributed by atoms with Gasteiger partial charge in [0.25, 0.3) is 0 Å². The maximum absolute atomic E-state index is 6.12. The number of hydrogen-bond donors (Lipinski definition) is 1. The maximum atomic E-state index is 6.12. The summed E-state index contributed by atoms with van der Waals surface area (Å²) in [6.45, 7) is 5.17. The van der Waals surface area contributed by atoms with Gasteiger partial charge in [-0.05, 0) is 41.8 Å². The molecule has 112 valence electrons. The molecule has 0 fully saturated rings. The molecule has 0 bridgehead atoms. The number of ether oxygens (including phenoxy) is 1. The topological polar surface area (TPSA) is 21.3 Å². The SMILES string of the molecule is CCNC(c1ccc(CC)cc1)c1ccc(Cl)c(OC)c1. The van der Waals surface area contributed by atoms with Crippen LogP contribution < -0.4 is 10.1 Å². The molecule has 2 aromatic rings. The van der Waals surface area contributed by atoms with E-state index in [2.05, 4.69) is 43.4 Å². The molecule has 0 saturated carbocycles. The Morgan fingerprint density at radius 1 is 1.05 bits per heavy atom. The molecule has 1 N–H and O–H groups in total. The van der Waals surface area contributed by atoms with Crippen LogP contribution in [0.2, 0.25) is 5.02 Å². The molecule has 0 aliphatic carbocycles. The number of nitrogens with one attached hydrogen (secondary N) is 1. The highest BCUT2D eigenvalue weighted by molar-refractivity contribution is 6.32. The van der Waals surface area contributed by atoms with Gasteiger partial charge in [0.2, 0.25) is 0 Å². The van der Waals surface area contributed by atoms with Crippen LogP contribution in [0.25, 0.3) is 0 Å². The van der Waals surface area contributed by atoms with Crippen LogP contribution in [0.4, 0.5) is 0 Å². The van der Waals surface area contributed by atoms with Crippen LogP contribution >= 0.6 is 11.6 Å². The number of benzene rings is 2. The maximum Gasteiger partial charge on any atom is 0.137 e. The Morgan fingerprint density at radius 3 is 2.29 bits per heavy atom. The molecular formula is C18H22ClNO. The summed E-state index contributed by atoms with van der Waals surface area (Å²) in [7, 11) is 1.64. The van der Waals surface area contributed by atoms with Gasteiger partial charge in [-0.3, -0.25) is 0 Å². The lowest BCUT2D eigenvalue weighted by Gasteiger charge is -2.20. The Morgan fingerprint density at radius 2 is 1.71 bits per heavy atom. The average molecular weight is 304 g/mol. The standard InChI is InChI=1S/C18H22ClNO/c1-4-13-6-8-14(9-7-13)18(20-5-2)15-10-11-16(19)17(12-15)21-3/h6-12,18,20H,4-5H2,1-3H3. The van der Waals surface area contributed by atoms with Crippen LogP contribution in [0.3, 0.4) is 0 Å².